The lowest BCUT2D eigenvalue weighted by Crippen LogP contribution is -2.51. The van der Waals surface area contributed by atoms with E-state index in [1.165, 1.54) is 35.2 Å². The molecule has 0 aliphatic heterocycles. The number of carbonyl (C=O) groups excluding carboxylic acids is 2. The smallest absolute Gasteiger partial charge is 0.264 e. The van der Waals surface area contributed by atoms with E-state index in [2.05, 4.69) is 5.32 Å². The second-order valence-corrected chi connectivity index (χ2v) is 11.1. The van der Waals surface area contributed by atoms with Crippen LogP contribution >= 0.6 is 0 Å². The lowest BCUT2D eigenvalue weighted by molar-refractivity contribution is -0.139. The summed E-state index contributed by atoms with van der Waals surface area (Å²) in [5.41, 5.74) is 2.35. The molecule has 3 rings (SSSR count). The van der Waals surface area contributed by atoms with Gasteiger partial charge in [0.05, 0.1) is 10.6 Å². The SMILES string of the molecule is CCCNC(=O)[C@@H](C)N(Cc1ccccc1F)C(=O)CN(c1ccc(C)cc1)S(=O)(=O)c1ccc(C)cc1. The highest BCUT2D eigenvalue weighted by atomic mass is 32.2. The third-order valence-electron chi connectivity index (χ3n) is 6.22. The molecule has 0 saturated carbocycles. The van der Waals surface area contributed by atoms with Gasteiger partial charge in [-0.15, -0.1) is 0 Å². The number of hydrogen-bond acceptors (Lipinski definition) is 4. The van der Waals surface area contributed by atoms with Gasteiger partial charge >= 0.3 is 0 Å². The van der Waals surface area contributed by atoms with E-state index in [9.17, 15) is 22.4 Å². The molecular formula is C29H34FN3O4S. The maximum atomic E-state index is 14.5. The predicted molar refractivity (Wildman–Crippen MR) is 147 cm³/mol. The summed E-state index contributed by atoms with van der Waals surface area (Å²) in [6.45, 7) is 6.83. The van der Waals surface area contributed by atoms with Crippen LogP contribution in [0.25, 0.3) is 0 Å². The van der Waals surface area contributed by atoms with E-state index in [0.29, 0.717) is 18.7 Å². The third-order valence-corrected chi connectivity index (χ3v) is 8.01. The number of benzene rings is 3. The Morgan fingerprint density at radius 2 is 1.50 bits per heavy atom. The number of nitrogens with one attached hydrogen (secondary N) is 1. The van der Waals surface area contributed by atoms with E-state index in [4.69, 9.17) is 0 Å². The number of hydrogen-bond donors (Lipinski definition) is 1. The number of rotatable bonds is 11. The Kier molecular flexibility index (Phi) is 9.63. The highest BCUT2D eigenvalue weighted by Gasteiger charge is 2.32. The van der Waals surface area contributed by atoms with Crippen LogP contribution in [0.15, 0.2) is 77.7 Å². The number of anilines is 1. The Morgan fingerprint density at radius 1 is 0.921 bits per heavy atom. The molecule has 38 heavy (non-hydrogen) atoms. The molecule has 0 spiro atoms. The fraction of sp³-hybridized carbons (Fsp3) is 0.310. The van der Waals surface area contributed by atoms with E-state index < -0.39 is 40.2 Å². The molecule has 0 unspecified atom stereocenters. The molecule has 3 aromatic carbocycles. The maximum absolute atomic E-state index is 14.5. The Morgan fingerprint density at radius 3 is 2.08 bits per heavy atom. The molecule has 0 aliphatic carbocycles. The van der Waals surface area contributed by atoms with Crippen molar-refractivity contribution in [1.82, 2.24) is 10.2 Å². The van der Waals surface area contributed by atoms with Crippen molar-refractivity contribution in [2.45, 2.75) is 51.6 Å². The highest BCUT2D eigenvalue weighted by Crippen LogP contribution is 2.25. The number of amides is 2. The molecule has 2 amide bonds. The first kappa shape index (κ1) is 28.8. The van der Waals surface area contributed by atoms with Crippen LogP contribution < -0.4 is 9.62 Å². The predicted octanol–water partition coefficient (Wildman–Crippen LogP) is 4.58. The van der Waals surface area contributed by atoms with Gasteiger partial charge in [0.25, 0.3) is 10.0 Å². The van der Waals surface area contributed by atoms with Crippen LogP contribution in [-0.2, 0) is 26.2 Å². The van der Waals surface area contributed by atoms with E-state index in [-0.39, 0.29) is 17.0 Å². The Labute approximate surface area is 224 Å². The fourth-order valence-electron chi connectivity index (χ4n) is 3.87. The summed E-state index contributed by atoms with van der Waals surface area (Å²) in [5, 5.41) is 2.76. The lowest BCUT2D eigenvalue weighted by atomic mass is 10.1. The fourth-order valence-corrected chi connectivity index (χ4v) is 5.28. The topological polar surface area (TPSA) is 86.8 Å². The molecular weight excluding hydrogens is 505 g/mol. The zero-order chi connectivity index (χ0) is 27.9. The van der Waals surface area contributed by atoms with Gasteiger partial charge in [-0.05, 0) is 57.5 Å². The summed E-state index contributed by atoms with van der Waals surface area (Å²) in [7, 11) is -4.14. The summed E-state index contributed by atoms with van der Waals surface area (Å²) >= 11 is 0. The number of sulfonamides is 1. The van der Waals surface area contributed by atoms with E-state index in [1.807, 2.05) is 20.8 Å². The second-order valence-electron chi connectivity index (χ2n) is 9.24. The Balaban J connectivity index is 2.02. The van der Waals surface area contributed by atoms with Crippen molar-refractivity contribution in [2.24, 2.45) is 0 Å². The molecule has 0 saturated heterocycles. The molecule has 0 heterocycles. The molecule has 0 bridgehead atoms. The van der Waals surface area contributed by atoms with Crippen molar-refractivity contribution < 1.29 is 22.4 Å². The van der Waals surface area contributed by atoms with Crippen molar-refractivity contribution >= 4 is 27.5 Å². The molecule has 1 atom stereocenters. The molecule has 3 aromatic rings. The van der Waals surface area contributed by atoms with Crippen LogP contribution in [0.3, 0.4) is 0 Å². The van der Waals surface area contributed by atoms with Crippen molar-refractivity contribution in [3.05, 3.63) is 95.3 Å². The van der Waals surface area contributed by atoms with E-state index in [0.717, 1.165) is 15.4 Å². The Hall–Kier alpha value is -3.72. The molecule has 7 nitrogen and oxygen atoms in total. The number of halogens is 1. The zero-order valence-electron chi connectivity index (χ0n) is 22.1. The summed E-state index contributed by atoms with van der Waals surface area (Å²) < 4.78 is 43.1. The van der Waals surface area contributed by atoms with Gasteiger partial charge in [0, 0.05) is 18.7 Å². The van der Waals surface area contributed by atoms with Crippen molar-refractivity contribution in [3.8, 4) is 0 Å². The van der Waals surface area contributed by atoms with Crippen LogP contribution in [-0.4, -0.2) is 44.3 Å². The van der Waals surface area contributed by atoms with Crippen LogP contribution in [0.4, 0.5) is 10.1 Å². The van der Waals surface area contributed by atoms with Crippen LogP contribution in [0, 0.1) is 19.7 Å². The van der Waals surface area contributed by atoms with Gasteiger partial charge in [-0.2, -0.15) is 0 Å². The molecule has 1 N–H and O–H groups in total. The number of carbonyl (C=O) groups is 2. The first-order valence-electron chi connectivity index (χ1n) is 12.5. The monoisotopic (exact) mass is 539 g/mol. The minimum atomic E-state index is -4.14. The van der Waals surface area contributed by atoms with E-state index in [1.54, 1.807) is 49.4 Å². The molecule has 9 heteroatoms. The van der Waals surface area contributed by atoms with Crippen molar-refractivity contribution in [1.29, 1.82) is 0 Å². The van der Waals surface area contributed by atoms with Crippen molar-refractivity contribution in [2.75, 3.05) is 17.4 Å². The average molecular weight is 540 g/mol. The Bertz CT molecular complexity index is 1360. The average Bonchev–Trinajstić information content (AvgIpc) is 2.90. The van der Waals surface area contributed by atoms with Gasteiger partial charge in [-0.1, -0.05) is 60.5 Å². The summed E-state index contributed by atoms with van der Waals surface area (Å²) in [5.74, 6) is -1.56. The summed E-state index contributed by atoms with van der Waals surface area (Å²) in [4.78, 5) is 27.9. The zero-order valence-corrected chi connectivity index (χ0v) is 23.0. The van der Waals surface area contributed by atoms with Crippen molar-refractivity contribution in [3.63, 3.8) is 0 Å². The van der Waals surface area contributed by atoms with Gasteiger partial charge in [-0.25, -0.2) is 12.8 Å². The molecule has 0 aromatic heterocycles. The number of nitrogens with zero attached hydrogens (tertiary/aromatic N) is 2. The van der Waals surface area contributed by atoms with Crippen LogP contribution in [0.2, 0.25) is 0 Å². The largest absolute Gasteiger partial charge is 0.354 e. The summed E-state index contributed by atoms with van der Waals surface area (Å²) in [6, 6.07) is 18.2. The van der Waals surface area contributed by atoms with Gasteiger partial charge in [0.1, 0.15) is 18.4 Å². The maximum Gasteiger partial charge on any atom is 0.264 e. The van der Waals surface area contributed by atoms with Crippen LogP contribution in [0.5, 0.6) is 0 Å². The molecule has 0 radical (unpaired) electrons. The minimum absolute atomic E-state index is 0.0332. The summed E-state index contributed by atoms with van der Waals surface area (Å²) in [6.07, 6.45) is 0.704. The molecule has 0 aliphatic rings. The molecule has 202 valence electrons. The van der Waals surface area contributed by atoms with Gasteiger partial charge < -0.3 is 10.2 Å². The van der Waals surface area contributed by atoms with Crippen LogP contribution in [0.1, 0.15) is 37.0 Å². The quantitative estimate of drug-likeness (QED) is 0.387. The van der Waals surface area contributed by atoms with Gasteiger partial charge in [-0.3, -0.25) is 13.9 Å². The molecule has 0 fully saturated rings. The first-order chi connectivity index (χ1) is 18.0. The minimum Gasteiger partial charge on any atom is -0.354 e. The lowest BCUT2D eigenvalue weighted by Gasteiger charge is -2.32. The second kappa shape index (κ2) is 12.7. The third kappa shape index (κ3) is 6.98. The normalized spacial score (nSPS) is 12.0. The van der Waals surface area contributed by atoms with Gasteiger partial charge in [0.15, 0.2) is 0 Å². The standard InChI is InChI=1S/C29H34FN3O4S/c1-5-18-31-29(35)23(4)32(19-24-8-6-7-9-27(24)30)28(34)20-33(25-14-10-21(2)11-15-25)38(36,37)26-16-12-22(3)13-17-26/h6-17,23H,5,18-20H2,1-4H3,(H,31,35)/t23-/m1/s1. The highest BCUT2D eigenvalue weighted by molar-refractivity contribution is 7.92. The van der Waals surface area contributed by atoms with E-state index >= 15 is 0 Å². The first-order valence-corrected chi connectivity index (χ1v) is 13.9. The van der Waals surface area contributed by atoms with Gasteiger partial charge in [0.2, 0.25) is 11.8 Å². The number of aryl methyl sites for hydroxylation is 2.